The standard InChI is InChI=1S/C25H23Cl2NO2/c26-20-7-3-18(4-8-20)25(19-5-9-21(27)10-6-19)23-16-28(14-13-24(23)30)15-17-1-11-22(29)12-2-17/h1-12,23,25,29H,13-16H2. The maximum absolute atomic E-state index is 13.0. The predicted octanol–water partition coefficient (Wildman–Crippen LogP) is 5.92. The van der Waals surface area contributed by atoms with Gasteiger partial charge in [0.05, 0.1) is 0 Å². The molecule has 0 bridgehead atoms. The number of halogens is 2. The van der Waals surface area contributed by atoms with Crippen molar-refractivity contribution >= 4 is 29.0 Å². The van der Waals surface area contributed by atoms with E-state index in [1.807, 2.05) is 60.7 Å². The molecule has 30 heavy (non-hydrogen) atoms. The van der Waals surface area contributed by atoms with Crippen LogP contribution >= 0.6 is 23.2 Å². The molecule has 0 spiro atoms. The van der Waals surface area contributed by atoms with Gasteiger partial charge >= 0.3 is 0 Å². The van der Waals surface area contributed by atoms with Crippen LogP contribution in [0.5, 0.6) is 5.75 Å². The SMILES string of the molecule is O=C1CCN(Cc2ccc(O)cc2)CC1C(c1ccc(Cl)cc1)c1ccc(Cl)cc1. The van der Waals surface area contributed by atoms with Gasteiger partial charge in [-0.1, -0.05) is 59.6 Å². The van der Waals surface area contributed by atoms with Gasteiger partial charge in [-0.05, 0) is 53.1 Å². The Morgan fingerprint density at radius 3 is 1.93 bits per heavy atom. The Kier molecular flexibility index (Phi) is 6.43. The lowest BCUT2D eigenvalue weighted by Gasteiger charge is -2.36. The first kappa shape index (κ1) is 20.9. The highest BCUT2D eigenvalue weighted by molar-refractivity contribution is 6.30. The average molecular weight is 440 g/mol. The molecule has 1 heterocycles. The summed E-state index contributed by atoms with van der Waals surface area (Å²) in [5.74, 6) is 0.329. The van der Waals surface area contributed by atoms with E-state index >= 15 is 0 Å². The molecule has 0 aliphatic carbocycles. The summed E-state index contributed by atoms with van der Waals surface area (Å²) in [6.07, 6.45) is 0.528. The molecule has 3 aromatic carbocycles. The first-order valence-corrected chi connectivity index (χ1v) is 10.8. The van der Waals surface area contributed by atoms with Crippen LogP contribution in [0.2, 0.25) is 10.0 Å². The van der Waals surface area contributed by atoms with Crippen LogP contribution in [-0.2, 0) is 11.3 Å². The van der Waals surface area contributed by atoms with Gasteiger partial charge in [-0.15, -0.1) is 0 Å². The van der Waals surface area contributed by atoms with E-state index in [4.69, 9.17) is 23.2 Å². The molecule has 3 nitrogen and oxygen atoms in total. The summed E-state index contributed by atoms with van der Waals surface area (Å²) in [6.45, 7) is 2.16. The lowest BCUT2D eigenvalue weighted by Crippen LogP contribution is -2.43. The smallest absolute Gasteiger partial charge is 0.139 e. The first-order valence-electron chi connectivity index (χ1n) is 10.0. The number of benzene rings is 3. The molecule has 1 saturated heterocycles. The number of hydrogen-bond acceptors (Lipinski definition) is 3. The zero-order valence-electron chi connectivity index (χ0n) is 16.5. The molecular formula is C25H23Cl2NO2. The van der Waals surface area contributed by atoms with Crippen molar-refractivity contribution in [2.75, 3.05) is 13.1 Å². The molecule has 1 aliphatic heterocycles. The molecule has 3 aromatic rings. The fraction of sp³-hybridized carbons (Fsp3) is 0.240. The van der Waals surface area contributed by atoms with Gasteiger partial charge in [-0.25, -0.2) is 0 Å². The van der Waals surface area contributed by atoms with Crippen molar-refractivity contribution in [3.8, 4) is 5.75 Å². The maximum atomic E-state index is 13.0. The number of nitrogens with zero attached hydrogens (tertiary/aromatic N) is 1. The fourth-order valence-electron chi connectivity index (χ4n) is 4.22. The minimum absolute atomic E-state index is 0.0605. The monoisotopic (exact) mass is 439 g/mol. The normalized spacial score (nSPS) is 17.4. The summed E-state index contributed by atoms with van der Waals surface area (Å²) in [5, 5.41) is 10.9. The summed E-state index contributed by atoms with van der Waals surface area (Å²) in [5.41, 5.74) is 3.27. The van der Waals surface area contributed by atoms with Crippen molar-refractivity contribution in [3.63, 3.8) is 0 Å². The van der Waals surface area contributed by atoms with E-state index in [1.54, 1.807) is 12.1 Å². The minimum Gasteiger partial charge on any atom is -0.508 e. The third-order valence-corrected chi connectivity index (χ3v) is 6.25. The van der Waals surface area contributed by atoms with E-state index in [9.17, 15) is 9.90 Å². The van der Waals surface area contributed by atoms with E-state index in [0.717, 1.165) is 29.8 Å². The van der Waals surface area contributed by atoms with Crippen LogP contribution in [0.1, 0.15) is 29.0 Å². The van der Waals surface area contributed by atoms with Crippen molar-refractivity contribution in [2.45, 2.75) is 18.9 Å². The number of piperidine rings is 1. The van der Waals surface area contributed by atoms with Crippen molar-refractivity contribution in [1.82, 2.24) is 4.90 Å². The molecule has 0 amide bonds. The number of phenolic OH excluding ortho intramolecular Hbond substituents is 1. The van der Waals surface area contributed by atoms with Gasteiger partial charge in [-0.2, -0.15) is 0 Å². The van der Waals surface area contributed by atoms with Crippen molar-refractivity contribution in [2.24, 2.45) is 5.92 Å². The van der Waals surface area contributed by atoms with Crippen LogP contribution in [0.3, 0.4) is 0 Å². The maximum Gasteiger partial charge on any atom is 0.139 e. The highest BCUT2D eigenvalue weighted by Crippen LogP contribution is 2.37. The van der Waals surface area contributed by atoms with Crippen LogP contribution < -0.4 is 0 Å². The van der Waals surface area contributed by atoms with E-state index in [1.165, 1.54) is 0 Å². The Hall–Kier alpha value is -2.33. The highest BCUT2D eigenvalue weighted by atomic mass is 35.5. The second-order valence-electron chi connectivity index (χ2n) is 7.81. The lowest BCUT2D eigenvalue weighted by atomic mass is 9.76. The van der Waals surface area contributed by atoms with E-state index in [2.05, 4.69) is 4.90 Å². The molecule has 5 heteroatoms. The van der Waals surface area contributed by atoms with Crippen LogP contribution in [0, 0.1) is 5.92 Å². The highest BCUT2D eigenvalue weighted by Gasteiger charge is 2.35. The Morgan fingerprint density at radius 2 is 1.40 bits per heavy atom. The van der Waals surface area contributed by atoms with E-state index in [-0.39, 0.29) is 23.4 Å². The van der Waals surface area contributed by atoms with Gasteiger partial charge in [0.2, 0.25) is 0 Å². The molecular weight excluding hydrogens is 417 g/mol. The van der Waals surface area contributed by atoms with Crippen molar-refractivity contribution in [1.29, 1.82) is 0 Å². The zero-order valence-corrected chi connectivity index (χ0v) is 18.0. The number of phenols is 1. The van der Waals surface area contributed by atoms with Crippen LogP contribution in [0.25, 0.3) is 0 Å². The first-order chi connectivity index (χ1) is 14.5. The molecule has 1 aliphatic rings. The van der Waals surface area contributed by atoms with Gasteiger partial charge in [0.25, 0.3) is 0 Å². The second-order valence-corrected chi connectivity index (χ2v) is 8.68. The van der Waals surface area contributed by atoms with Gasteiger partial charge < -0.3 is 5.11 Å². The van der Waals surface area contributed by atoms with Crippen LogP contribution in [0.4, 0.5) is 0 Å². The van der Waals surface area contributed by atoms with Gasteiger partial charge in [0.15, 0.2) is 0 Å². The Bertz CT molecular complexity index is 955. The molecule has 1 N–H and O–H groups in total. The van der Waals surface area contributed by atoms with E-state index < -0.39 is 0 Å². The molecule has 1 atom stereocenters. The molecule has 0 aromatic heterocycles. The quantitative estimate of drug-likeness (QED) is 0.535. The second kappa shape index (κ2) is 9.22. The fourth-order valence-corrected chi connectivity index (χ4v) is 4.47. The lowest BCUT2D eigenvalue weighted by molar-refractivity contribution is -0.126. The summed E-state index contributed by atoms with van der Waals surface area (Å²) < 4.78 is 0. The predicted molar refractivity (Wildman–Crippen MR) is 121 cm³/mol. The minimum atomic E-state index is -0.154. The Morgan fingerprint density at radius 1 is 0.867 bits per heavy atom. The number of likely N-dealkylation sites (tertiary alicyclic amines) is 1. The number of Topliss-reactive ketones (excluding diaryl/α,β-unsaturated/α-hetero) is 1. The molecule has 154 valence electrons. The van der Waals surface area contributed by atoms with Crippen molar-refractivity contribution in [3.05, 3.63) is 99.5 Å². The van der Waals surface area contributed by atoms with E-state index in [0.29, 0.717) is 23.0 Å². The Balaban J connectivity index is 1.63. The van der Waals surface area contributed by atoms with Crippen LogP contribution in [0.15, 0.2) is 72.8 Å². The Labute approximate surface area is 186 Å². The number of carbonyl (C=O) groups excluding carboxylic acids is 1. The molecule has 0 saturated carbocycles. The number of carbonyl (C=O) groups is 1. The molecule has 1 fully saturated rings. The molecule has 0 radical (unpaired) electrons. The third-order valence-electron chi connectivity index (χ3n) is 5.75. The number of hydrogen-bond donors (Lipinski definition) is 1. The van der Waals surface area contributed by atoms with Gasteiger partial charge in [0, 0.05) is 47.9 Å². The largest absolute Gasteiger partial charge is 0.508 e. The zero-order chi connectivity index (χ0) is 21.1. The van der Waals surface area contributed by atoms with Crippen LogP contribution in [-0.4, -0.2) is 28.9 Å². The van der Waals surface area contributed by atoms with Crippen molar-refractivity contribution < 1.29 is 9.90 Å². The molecule has 4 rings (SSSR count). The summed E-state index contributed by atoms with van der Waals surface area (Å²) in [6, 6.07) is 22.8. The summed E-state index contributed by atoms with van der Waals surface area (Å²) in [7, 11) is 0. The average Bonchev–Trinajstić information content (AvgIpc) is 2.75. The van der Waals surface area contributed by atoms with Gasteiger partial charge in [-0.3, -0.25) is 9.69 Å². The summed E-state index contributed by atoms with van der Waals surface area (Å²) >= 11 is 12.2. The summed E-state index contributed by atoms with van der Waals surface area (Å²) in [4.78, 5) is 15.4. The number of rotatable bonds is 5. The number of ketones is 1. The molecule has 1 unspecified atom stereocenters. The third kappa shape index (κ3) is 4.86. The van der Waals surface area contributed by atoms with Gasteiger partial charge in [0.1, 0.15) is 11.5 Å². The number of aromatic hydroxyl groups is 1. The topological polar surface area (TPSA) is 40.5 Å².